The maximum atomic E-state index is 13.2. The Bertz CT molecular complexity index is 665. The van der Waals surface area contributed by atoms with Crippen LogP contribution in [0.1, 0.15) is 0 Å². The number of halogens is 1. The predicted octanol–water partition coefficient (Wildman–Crippen LogP) is 1.86. The van der Waals surface area contributed by atoms with Gasteiger partial charge in [-0.05, 0) is 12.1 Å². The van der Waals surface area contributed by atoms with Gasteiger partial charge in [-0.3, -0.25) is 10.1 Å². The minimum atomic E-state index is -0.681. The molecule has 0 amide bonds. The third-order valence-electron chi connectivity index (χ3n) is 2.40. The number of hydrogen-bond donors (Lipinski definition) is 2. The van der Waals surface area contributed by atoms with Crippen LogP contribution < -0.4 is 15.8 Å². The zero-order valence-electron chi connectivity index (χ0n) is 10.3. The van der Waals surface area contributed by atoms with Crippen LogP contribution in [0.3, 0.4) is 0 Å². The van der Waals surface area contributed by atoms with E-state index in [0.717, 1.165) is 6.20 Å². The van der Waals surface area contributed by atoms with Gasteiger partial charge in [-0.25, -0.2) is 9.37 Å². The third kappa shape index (κ3) is 2.71. The average molecular weight is 279 g/mol. The van der Waals surface area contributed by atoms with Crippen molar-refractivity contribution >= 4 is 23.1 Å². The lowest BCUT2D eigenvalue weighted by atomic mass is 10.3. The second-order valence-corrected chi connectivity index (χ2v) is 3.70. The van der Waals surface area contributed by atoms with E-state index in [1.54, 1.807) is 0 Å². The molecule has 0 spiro atoms. The molecule has 0 fully saturated rings. The average Bonchev–Trinajstić information content (AvgIpc) is 2.40. The van der Waals surface area contributed by atoms with Crippen LogP contribution in [0.15, 0.2) is 24.4 Å². The summed E-state index contributed by atoms with van der Waals surface area (Å²) in [5, 5.41) is 13.3. The fourth-order valence-electron chi connectivity index (χ4n) is 1.46. The van der Waals surface area contributed by atoms with Crippen LogP contribution in [0.5, 0.6) is 5.75 Å². The first-order valence-electron chi connectivity index (χ1n) is 5.38. The number of aromatic nitrogens is 2. The largest absolute Gasteiger partial charge is 0.494 e. The summed E-state index contributed by atoms with van der Waals surface area (Å²) in [5.74, 6) is -0.671. The molecule has 0 unspecified atom stereocenters. The highest BCUT2D eigenvalue weighted by Gasteiger charge is 2.14. The Kier molecular flexibility index (Phi) is 3.60. The molecule has 1 aromatic carbocycles. The van der Waals surface area contributed by atoms with Crippen LogP contribution in [0.2, 0.25) is 0 Å². The molecule has 1 aromatic heterocycles. The number of nitrogen functional groups attached to an aromatic ring is 1. The van der Waals surface area contributed by atoms with Crippen molar-refractivity contribution in [1.29, 1.82) is 0 Å². The molecule has 104 valence electrons. The summed E-state index contributed by atoms with van der Waals surface area (Å²) in [6, 6.07) is 4.05. The standard InChI is InChI=1S/C11H10FN5O3/c1-20-9-4-6(2-3-7(9)12)15-11-14-5-8(17(18)19)10(13)16-11/h2-5H,1H3,(H3,13,14,15,16). The molecule has 8 nitrogen and oxygen atoms in total. The molecule has 1 heterocycles. The number of nitro groups is 1. The van der Waals surface area contributed by atoms with Gasteiger partial charge in [0.1, 0.15) is 6.20 Å². The molecule has 0 saturated carbocycles. The van der Waals surface area contributed by atoms with Crippen LogP contribution in [0.4, 0.5) is 27.5 Å². The number of ether oxygens (including phenoxy) is 1. The van der Waals surface area contributed by atoms with Crippen LogP contribution in [-0.2, 0) is 0 Å². The van der Waals surface area contributed by atoms with Crippen molar-refractivity contribution in [1.82, 2.24) is 9.97 Å². The number of nitrogens with one attached hydrogen (secondary N) is 1. The molecule has 3 N–H and O–H groups in total. The van der Waals surface area contributed by atoms with Gasteiger partial charge in [0.2, 0.25) is 11.8 Å². The lowest BCUT2D eigenvalue weighted by molar-refractivity contribution is -0.384. The lowest BCUT2D eigenvalue weighted by Gasteiger charge is -2.07. The highest BCUT2D eigenvalue weighted by atomic mass is 19.1. The Morgan fingerprint density at radius 1 is 1.50 bits per heavy atom. The number of benzene rings is 1. The number of hydrogen-bond acceptors (Lipinski definition) is 7. The first-order chi connectivity index (χ1) is 9.51. The van der Waals surface area contributed by atoms with Crippen molar-refractivity contribution in [3.63, 3.8) is 0 Å². The predicted molar refractivity (Wildman–Crippen MR) is 69.3 cm³/mol. The number of nitrogens with two attached hydrogens (primary N) is 1. The van der Waals surface area contributed by atoms with E-state index in [4.69, 9.17) is 10.5 Å². The van der Waals surface area contributed by atoms with Gasteiger partial charge in [0.15, 0.2) is 11.6 Å². The minimum Gasteiger partial charge on any atom is -0.494 e. The van der Waals surface area contributed by atoms with E-state index >= 15 is 0 Å². The highest BCUT2D eigenvalue weighted by molar-refractivity contribution is 5.60. The first kappa shape index (κ1) is 13.5. The summed E-state index contributed by atoms with van der Waals surface area (Å²) >= 11 is 0. The smallest absolute Gasteiger partial charge is 0.329 e. The van der Waals surface area contributed by atoms with Crippen molar-refractivity contribution in [2.75, 3.05) is 18.2 Å². The monoisotopic (exact) mass is 279 g/mol. The van der Waals surface area contributed by atoms with Crippen LogP contribution >= 0.6 is 0 Å². The van der Waals surface area contributed by atoms with E-state index in [1.807, 2.05) is 0 Å². The maximum Gasteiger partial charge on any atom is 0.329 e. The fourth-order valence-corrected chi connectivity index (χ4v) is 1.46. The van der Waals surface area contributed by atoms with Crippen molar-refractivity contribution in [3.8, 4) is 5.75 Å². The topological polar surface area (TPSA) is 116 Å². The summed E-state index contributed by atoms with van der Waals surface area (Å²) in [6.45, 7) is 0. The summed E-state index contributed by atoms with van der Waals surface area (Å²) in [6.07, 6.45) is 0.991. The molecule has 0 aliphatic heterocycles. The van der Waals surface area contributed by atoms with Gasteiger partial charge in [0.05, 0.1) is 12.0 Å². The number of rotatable bonds is 4. The quantitative estimate of drug-likeness (QED) is 0.648. The maximum absolute atomic E-state index is 13.2. The molecule has 0 aliphatic rings. The number of methoxy groups -OCH3 is 1. The van der Waals surface area contributed by atoms with Crippen molar-refractivity contribution < 1.29 is 14.1 Å². The van der Waals surface area contributed by atoms with E-state index in [0.29, 0.717) is 5.69 Å². The van der Waals surface area contributed by atoms with Crippen LogP contribution in [-0.4, -0.2) is 22.0 Å². The second-order valence-electron chi connectivity index (χ2n) is 3.70. The van der Waals surface area contributed by atoms with E-state index in [-0.39, 0.29) is 23.2 Å². The van der Waals surface area contributed by atoms with Gasteiger partial charge >= 0.3 is 5.69 Å². The van der Waals surface area contributed by atoms with Gasteiger partial charge in [-0.1, -0.05) is 0 Å². The fraction of sp³-hybridized carbons (Fsp3) is 0.0909. The van der Waals surface area contributed by atoms with Gasteiger partial charge < -0.3 is 15.8 Å². The van der Waals surface area contributed by atoms with Crippen molar-refractivity contribution in [2.24, 2.45) is 0 Å². The summed E-state index contributed by atoms with van der Waals surface area (Å²) in [7, 11) is 1.34. The summed E-state index contributed by atoms with van der Waals surface area (Å²) in [4.78, 5) is 17.4. The molecular formula is C11H10FN5O3. The number of nitrogens with zero attached hydrogens (tertiary/aromatic N) is 3. The summed E-state index contributed by atoms with van der Waals surface area (Å²) in [5.41, 5.74) is 5.51. The molecule has 9 heteroatoms. The molecule has 2 rings (SSSR count). The van der Waals surface area contributed by atoms with Gasteiger partial charge in [0.25, 0.3) is 0 Å². The van der Waals surface area contributed by atoms with Crippen molar-refractivity contribution in [2.45, 2.75) is 0 Å². The Hall–Kier alpha value is -2.97. The Morgan fingerprint density at radius 2 is 2.25 bits per heavy atom. The molecule has 2 aromatic rings. The van der Waals surface area contributed by atoms with Gasteiger partial charge in [-0.15, -0.1) is 0 Å². The van der Waals surface area contributed by atoms with E-state index < -0.39 is 10.7 Å². The second kappa shape index (κ2) is 5.34. The molecule has 0 aliphatic carbocycles. The molecule has 20 heavy (non-hydrogen) atoms. The Labute approximate surface area is 112 Å². The van der Waals surface area contributed by atoms with E-state index in [9.17, 15) is 14.5 Å². The lowest BCUT2D eigenvalue weighted by Crippen LogP contribution is -2.04. The van der Waals surface area contributed by atoms with Crippen LogP contribution in [0.25, 0.3) is 0 Å². The first-order valence-corrected chi connectivity index (χ1v) is 5.38. The summed E-state index contributed by atoms with van der Waals surface area (Å²) < 4.78 is 18.1. The minimum absolute atomic E-state index is 0.0462. The molecule has 0 atom stereocenters. The zero-order valence-corrected chi connectivity index (χ0v) is 10.3. The van der Waals surface area contributed by atoms with E-state index in [1.165, 1.54) is 25.3 Å². The molecule has 0 bridgehead atoms. The third-order valence-corrected chi connectivity index (χ3v) is 2.40. The van der Waals surface area contributed by atoms with Gasteiger partial charge in [0, 0.05) is 11.8 Å². The van der Waals surface area contributed by atoms with Crippen LogP contribution in [0, 0.1) is 15.9 Å². The van der Waals surface area contributed by atoms with E-state index in [2.05, 4.69) is 15.3 Å². The molecule has 0 radical (unpaired) electrons. The molecular weight excluding hydrogens is 269 g/mol. The Balaban J connectivity index is 2.26. The Morgan fingerprint density at radius 3 is 2.85 bits per heavy atom. The normalized spacial score (nSPS) is 10.1. The number of anilines is 3. The highest BCUT2D eigenvalue weighted by Crippen LogP contribution is 2.24. The van der Waals surface area contributed by atoms with Gasteiger partial charge in [-0.2, -0.15) is 4.98 Å². The SMILES string of the molecule is COc1cc(Nc2ncc([N+](=O)[O-])c(N)n2)ccc1F. The van der Waals surface area contributed by atoms with Crippen molar-refractivity contribution in [3.05, 3.63) is 40.3 Å². The molecule has 0 saturated heterocycles. The zero-order chi connectivity index (χ0) is 14.7.